The van der Waals surface area contributed by atoms with Crippen LogP contribution in [0.25, 0.3) is 5.69 Å². The first-order valence-electron chi connectivity index (χ1n) is 9.87. The predicted molar refractivity (Wildman–Crippen MR) is 114 cm³/mol. The minimum Gasteiger partial charge on any atom is -0.322 e. The molecule has 1 aliphatic rings. The quantitative estimate of drug-likeness (QED) is 0.726. The summed E-state index contributed by atoms with van der Waals surface area (Å²) in [5, 5.41) is 7.43. The number of nitrogens with one attached hydrogen (secondary N) is 1. The zero-order valence-corrected chi connectivity index (χ0v) is 16.7. The molecule has 29 heavy (non-hydrogen) atoms. The number of rotatable bonds is 4. The van der Waals surface area contributed by atoms with E-state index in [0.29, 0.717) is 17.7 Å². The molecule has 0 saturated carbocycles. The molecular weight excluding hydrogens is 364 g/mol. The van der Waals surface area contributed by atoms with Gasteiger partial charge < -0.3 is 10.2 Å². The highest BCUT2D eigenvalue weighted by Gasteiger charge is 2.19. The second-order valence-corrected chi connectivity index (χ2v) is 7.39. The van der Waals surface area contributed by atoms with Gasteiger partial charge in [0.15, 0.2) is 0 Å². The molecule has 2 amide bonds. The van der Waals surface area contributed by atoms with Crippen LogP contribution in [-0.2, 0) is 4.79 Å². The highest BCUT2D eigenvalue weighted by Crippen LogP contribution is 2.22. The summed E-state index contributed by atoms with van der Waals surface area (Å²) in [6.07, 6.45) is 2.56. The third kappa shape index (κ3) is 4.06. The van der Waals surface area contributed by atoms with Crippen molar-refractivity contribution >= 4 is 23.2 Å². The van der Waals surface area contributed by atoms with E-state index in [1.165, 1.54) is 0 Å². The maximum atomic E-state index is 12.7. The molecule has 4 rings (SSSR count). The van der Waals surface area contributed by atoms with E-state index < -0.39 is 0 Å². The van der Waals surface area contributed by atoms with Crippen LogP contribution in [0.15, 0.2) is 54.6 Å². The fourth-order valence-electron chi connectivity index (χ4n) is 3.68. The van der Waals surface area contributed by atoms with Gasteiger partial charge in [0.1, 0.15) is 0 Å². The topological polar surface area (TPSA) is 67.2 Å². The summed E-state index contributed by atoms with van der Waals surface area (Å²) in [5.74, 6) is -0.0403. The van der Waals surface area contributed by atoms with Gasteiger partial charge in [-0.15, -0.1) is 0 Å². The lowest BCUT2D eigenvalue weighted by molar-refractivity contribution is -0.119. The Labute approximate surface area is 170 Å². The van der Waals surface area contributed by atoms with Gasteiger partial charge >= 0.3 is 0 Å². The SMILES string of the molecule is Cc1cc(C)n(-c2cccc(NC(=O)c3ccc(N4CCCCC4=O)cc3)c2)n1. The van der Waals surface area contributed by atoms with Crippen LogP contribution in [-0.4, -0.2) is 28.1 Å². The first kappa shape index (κ1) is 18.9. The number of carbonyl (C=O) groups excluding carboxylic acids is 2. The van der Waals surface area contributed by atoms with Gasteiger partial charge in [-0.3, -0.25) is 9.59 Å². The van der Waals surface area contributed by atoms with Crippen LogP contribution in [0.5, 0.6) is 0 Å². The second kappa shape index (κ2) is 7.91. The zero-order valence-electron chi connectivity index (χ0n) is 16.7. The molecule has 6 nitrogen and oxygen atoms in total. The molecule has 3 aromatic rings. The summed E-state index contributed by atoms with van der Waals surface area (Å²) in [7, 11) is 0. The average molecular weight is 388 g/mol. The van der Waals surface area contributed by atoms with E-state index in [4.69, 9.17) is 0 Å². The molecular formula is C23H24N4O2. The third-order valence-electron chi connectivity index (χ3n) is 5.12. The molecule has 148 valence electrons. The number of aromatic nitrogens is 2. The standard InChI is InChI=1S/C23H24N4O2/c1-16-14-17(2)27(25-16)21-7-5-6-19(15-21)24-23(29)18-9-11-20(12-10-18)26-13-4-3-8-22(26)28/h5-7,9-12,14-15H,3-4,8,13H2,1-2H3,(H,24,29). The lowest BCUT2D eigenvalue weighted by atomic mass is 10.1. The van der Waals surface area contributed by atoms with Gasteiger partial charge in [-0.2, -0.15) is 5.10 Å². The van der Waals surface area contributed by atoms with E-state index in [0.717, 1.165) is 42.1 Å². The van der Waals surface area contributed by atoms with Crippen LogP contribution in [0, 0.1) is 13.8 Å². The van der Waals surface area contributed by atoms with Gasteiger partial charge in [-0.1, -0.05) is 6.07 Å². The molecule has 0 atom stereocenters. The molecule has 2 aromatic carbocycles. The van der Waals surface area contributed by atoms with Crippen molar-refractivity contribution in [2.75, 3.05) is 16.8 Å². The maximum Gasteiger partial charge on any atom is 0.255 e. The summed E-state index contributed by atoms with van der Waals surface area (Å²) in [4.78, 5) is 26.5. The lowest BCUT2D eigenvalue weighted by Gasteiger charge is -2.26. The molecule has 1 aromatic heterocycles. The number of anilines is 2. The fraction of sp³-hybridized carbons (Fsp3) is 0.261. The smallest absolute Gasteiger partial charge is 0.255 e. The molecule has 1 aliphatic heterocycles. The van der Waals surface area contributed by atoms with Gasteiger partial charge in [-0.05, 0) is 75.2 Å². The minimum absolute atomic E-state index is 0.148. The van der Waals surface area contributed by atoms with E-state index in [1.54, 1.807) is 17.0 Å². The van der Waals surface area contributed by atoms with Crippen molar-refractivity contribution in [1.82, 2.24) is 9.78 Å². The fourth-order valence-corrected chi connectivity index (χ4v) is 3.68. The van der Waals surface area contributed by atoms with Gasteiger partial charge in [-0.25, -0.2) is 4.68 Å². The van der Waals surface area contributed by atoms with Crippen LogP contribution in [0.1, 0.15) is 41.0 Å². The van der Waals surface area contributed by atoms with Gasteiger partial charge in [0, 0.05) is 35.6 Å². The summed E-state index contributed by atoms with van der Waals surface area (Å²) in [5.41, 5.74) is 4.98. The Morgan fingerprint density at radius 1 is 1.00 bits per heavy atom. The van der Waals surface area contributed by atoms with E-state index in [1.807, 2.05) is 61.0 Å². The number of hydrogen-bond acceptors (Lipinski definition) is 3. The normalized spacial score (nSPS) is 14.1. The Morgan fingerprint density at radius 2 is 1.79 bits per heavy atom. The highest BCUT2D eigenvalue weighted by molar-refractivity contribution is 6.05. The summed E-state index contributed by atoms with van der Waals surface area (Å²) >= 11 is 0. The summed E-state index contributed by atoms with van der Waals surface area (Å²) in [6.45, 7) is 4.69. The number of aryl methyl sites for hydroxylation is 2. The van der Waals surface area contributed by atoms with Crippen molar-refractivity contribution < 1.29 is 9.59 Å². The first-order valence-corrected chi connectivity index (χ1v) is 9.87. The van der Waals surface area contributed by atoms with E-state index >= 15 is 0 Å². The van der Waals surface area contributed by atoms with Crippen LogP contribution in [0.3, 0.4) is 0 Å². The van der Waals surface area contributed by atoms with E-state index in [-0.39, 0.29) is 11.8 Å². The Balaban J connectivity index is 1.49. The van der Waals surface area contributed by atoms with E-state index in [9.17, 15) is 9.59 Å². The van der Waals surface area contributed by atoms with Crippen LogP contribution in [0.2, 0.25) is 0 Å². The number of piperidine rings is 1. The number of benzene rings is 2. The molecule has 1 N–H and O–H groups in total. The van der Waals surface area contributed by atoms with E-state index in [2.05, 4.69) is 10.4 Å². The molecule has 0 bridgehead atoms. The Morgan fingerprint density at radius 3 is 2.48 bits per heavy atom. The molecule has 0 unspecified atom stereocenters. The summed E-state index contributed by atoms with van der Waals surface area (Å²) < 4.78 is 1.86. The highest BCUT2D eigenvalue weighted by atomic mass is 16.2. The average Bonchev–Trinajstić information content (AvgIpc) is 3.07. The molecule has 1 saturated heterocycles. The zero-order chi connectivity index (χ0) is 20.4. The van der Waals surface area contributed by atoms with Crippen molar-refractivity contribution in [2.45, 2.75) is 33.1 Å². The van der Waals surface area contributed by atoms with Gasteiger partial charge in [0.25, 0.3) is 5.91 Å². The van der Waals surface area contributed by atoms with Crippen molar-refractivity contribution in [3.8, 4) is 5.69 Å². The van der Waals surface area contributed by atoms with Gasteiger partial charge in [0.2, 0.25) is 5.91 Å². The van der Waals surface area contributed by atoms with Crippen LogP contribution < -0.4 is 10.2 Å². The third-order valence-corrected chi connectivity index (χ3v) is 5.12. The lowest BCUT2D eigenvalue weighted by Crippen LogP contribution is -2.35. The van der Waals surface area contributed by atoms with Crippen molar-refractivity contribution in [3.05, 3.63) is 71.5 Å². The summed E-state index contributed by atoms with van der Waals surface area (Å²) in [6, 6.07) is 16.8. The molecule has 1 fully saturated rings. The molecule has 0 spiro atoms. The largest absolute Gasteiger partial charge is 0.322 e. The Kier molecular flexibility index (Phi) is 5.16. The molecule has 6 heteroatoms. The first-order chi connectivity index (χ1) is 14.0. The second-order valence-electron chi connectivity index (χ2n) is 7.39. The number of hydrogen-bond donors (Lipinski definition) is 1. The van der Waals surface area contributed by atoms with Gasteiger partial charge in [0.05, 0.1) is 11.4 Å². The van der Waals surface area contributed by atoms with Crippen LogP contribution >= 0.6 is 0 Å². The van der Waals surface area contributed by atoms with Crippen molar-refractivity contribution in [2.24, 2.45) is 0 Å². The minimum atomic E-state index is -0.188. The van der Waals surface area contributed by atoms with Crippen LogP contribution in [0.4, 0.5) is 11.4 Å². The molecule has 0 aliphatic carbocycles. The maximum absolute atomic E-state index is 12.7. The predicted octanol–water partition coefficient (Wildman–Crippen LogP) is 4.26. The Hall–Kier alpha value is -3.41. The monoisotopic (exact) mass is 388 g/mol. The number of carbonyl (C=O) groups is 2. The number of amides is 2. The van der Waals surface area contributed by atoms with Crippen molar-refractivity contribution in [3.63, 3.8) is 0 Å². The Bertz CT molecular complexity index is 1050. The molecule has 2 heterocycles. The molecule has 0 radical (unpaired) electrons. The van der Waals surface area contributed by atoms with Crippen molar-refractivity contribution in [1.29, 1.82) is 0 Å². The number of nitrogens with zero attached hydrogens (tertiary/aromatic N) is 3.